The minimum absolute atomic E-state index is 0.0130. The number of hydrogen-bond donors (Lipinski definition) is 1. The van der Waals surface area contributed by atoms with Gasteiger partial charge in [0.05, 0.1) is 6.04 Å². The SMILES string of the molecule is CCNC(COc1ccccc1)c1cccc(F)c1. The van der Waals surface area contributed by atoms with Crippen LogP contribution in [0.2, 0.25) is 0 Å². The highest BCUT2D eigenvalue weighted by Gasteiger charge is 2.11. The average Bonchev–Trinajstić information content (AvgIpc) is 2.44. The molecule has 2 aromatic rings. The number of halogens is 1. The Morgan fingerprint density at radius 3 is 2.58 bits per heavy atom. The van der Waals surface area contributed by atoms with Gasteiger partial charge in [-0.3, -0.25) is 0 Å². The third-order valence-corrected chi connectivity index (χ3v) is 2.86. The normalized spacial score (nSPS) is 12.1. The Bertz CT molecular complexity index is 501. The summed E-state index contributed by atoms with van der Waals surface area (Å²) in [6.07, 6.45) is 0. The van der Waals surface area contributed by atoms with E-state index in [9.17, 15) is 4.39 Å². The van der Waals surface area contributed by atoms with Gasteiger partial charge in [0.25, 0.3) is 0 Å². The molecule has 19 heavy (non-hydrogen) atoms. The summed E-state index contributed by atoms with van der Waals surface area (Å²) in [5, 5.41) is 3.30. The van der Waals surface area contributed by atoms with Gasteiger partial charge in [0.15, 0.2) is 0 Å². The lowest BCUT2D eigenvalue weighted by Gasteiger charge is -2.19. The molecule has 0 aliphatic rings. The van der Waals surface area contributed by atoms with E-state index in [4.69, 9.17) is 4.74 Å². The van der Waals surface area contributed by atoms with Gasteiger partial charge in [-0.1, -0.05) is 37.3 Å². The summed E-state index contributed by atoms with van der Waals surface area (Å²) in [6.45, 7) is 3.30. The van der Waals surface area contributed by atoms with E-state index in [0.29, 0.717) is 6.61 Å². The lowest BCUT2D eigenvalue weighted by Crippen LogP contribution is -2.26. The summed E-state index contributed by atoms with van der Waals surface area (Å²) in [7, 11) is 0. The third kappa shape index (κ3) is 4.07. The highest BCUT2D eigenvalue weighted by Crippen LogP contribution is 2.17. The zero-order valence-electron chi connectivity index (χ0n) is 11.0. The Morgan fingerprint density at radius 1 is 1.11 bits per heavy atom. The summed E-state index contributed by atoms with van der Waals surface area (Å²) < 4.78 is 19.0. The molecule has 0 radical (unpaired) electrons. The number of likely N-dealkylation sites (N-methyl/N-ethyl adjacent to an activating group) is 1. The number of benzene rings is 2. The van der Waals surface area contributed by atoms with Crippen LogP contribution in [0.25, 0.3) is 0 Å². The zero-order valence-corrected chi connectivity index (χ0v) is 11.0. The molecule has 0 spiro atoms. The Hall–Kier alpha value is -1.87. The van der Waals surface area contributed by atoms with Gasteiger partial charge in [0, 0.05) is 0 Å². The van der Waals surface area contributed by atoms with Crippen molar-refractivity contribution in [2.75, 3.05) is 13.2 Å². The quantitative estimate of drug-likeness (QED) is 0.856. The smallest absolute Gasteiger partial charge is 0.123 e. The second-order valence-electron chi connectivity index (χ2n) is 4.29. The predicted molar refractivity (Wildman–Crippen MR) is 74.8 cm³/mol. The van der Waals surface area contributed by atoms with Crippen molar-refractivity contribution in [3.8, 4) is 5.75 Å². The molecule has 100 valence electrons. The Kier molecular flexibility index (Phi) is 4.93. The van der Waals surface area contributed by atoms with Gasteiger partial charge in [-0.25, -0.2) is 4.39 Å². The summed E-state index contributed by atoms with van der Waals surface area (Å²) in [6, 6.07) is 16.2. The Labute approximate surface area is 113 Å². The van der Waals surface area contributed by atoms with E-state index in [1.807, 2.05) is 43.3 Å². The van der Waals surface area contributed by atoms with Crippen LogP contribution in [0, 0.1) is 5.82 Å². The molecule has 2 nitrogen and oxygen atoms in total. The van der Waals surface area contributed by atoms with Crippen molar-refractivity contribution < 1.29 is 9.13 Å². The molecule has 1 unspecified atom stereocenters. The first kappa shape index (κ1) is 13.6. The summed E-state index contributed by atoms with van der Waals surface area (Å²) in [5.41, 5.74) is 0.901. The van der Waals surface area contributed by atoms with E-state index in [2.05, 4.69) is 5.32 Å². The minimum Gasteiger partial charge on any atom is -0.492 e. The maximum absolute atomic E-state index is 13.3. The number of rotatable bonds is 6. The van der Waals surface area contributed by atoms with E-state index in [0.717, 1.165) is 17.9 Å². The highest BCUT2D eigenvalue weighted by atomic mass is 19.1. The van der Waals surface area contributed by atoms with E-state index in [-0.39, 0.29) is 11.9 Å². The fourth-order valence-corrected chi connectivity index (χ4v) is 1.94. The number of ether oxygens (including phenoxy) is 1. The standard InChI is InChI=1S/C16H18FNO/c1-2-18-16(13-7-6-8-14(17)11-13)12-19-15-9-4-3-5-10-15/h3-11,16,18H,2,12H2,1H3. The Balaban J connectivity index is 2.04. The van der Waals surface area contributed by atoms with Crippen molar-refractivity contribution in [1.29, 1.82) is 0 Å². The minimum atomic E-state index is -0.222. The first-order valence-electron chi connectivity index (χ1n) is 6.46. The number of hydrogen-bond acceptors (Lipinski definition) is 2. The molecule has 0 bridgehead atoms. The first-order chi connectivity index (χ1) is 9.29. The van der Waals surface area contributed by atoms with Crippen molar-refractivity contribution in [3.63, 3.8) is 0 Å². The predicted octanol–water partition coefficient (Wildman–Crippen LogP) is 3.56. The molecule has 0 aliphatic heterocycles. The van der Waals surface area contributed by atoms with Crippen LogP contribution >= 0.6 is 0 Å². The fourth-order valence-electron chi connectivity index (χ4n) is 1.94. The molecule has 0 saturated heterocycles. The molecule has 1 atom stereocenters. The molecular formula is C16H18FNO. The van der Waals surface area contributed by atoms with E-state index < -0.39 is 0 Å². The van der Waals surface area contributed by atoms with Gasteiger partial charge in [-0.2, -0.15) is 0 Å². The van der Waals surface area contributed by atoms with Crippen molar-refractivity contribution in [2.45, 2.75) is 13.0 Å². The molecular weight excluding hydrogens is 241 g/mol. The lowest BCUT2D eigenvalue weighted by atomic mass is 10.1. The molecule has 3 heteroatoms. The molecule has 0 aromatic heterocycles. The van der Waals surface area contributed by atoms with Crippen LogP contribution in [-0.4, -0.2) is 13.2 Å². The van der Waals surface area contributed by atoms with Crippen molar-refractivity contribution >= 4 is 0 Å². The van der Waals surface area contributed by atoms with Gasteiger partial charge in [-0.05, 0) is 36.4 Å². The molecule has 0 heterocycles. The van der Waals surface area contributed by atoms with Gasteiger partial charge in [0.2, 0.25) is 0 Å². The Morgan fingerprint density at radius 2 is 1.89 bits per heavy atom. The molecule has 2 rings (SSSR count). The van der Waals surface area contributed by atoms with Gasteiger partial charge in [-0.15, -0.1) is 0 Å². The van der Waals surface area contributed by atoms with E-state index in [1.54, 1.807) is 12.1 Å². The lowest BCUT2D eigenvalue weighted by molar-refractivity contribution is 0.268. The van der Waals surface area contributed by atoms with E-state index >= 15 is 0 Å². The van der Waals surface area contributed by atoms with Crippen LogP contribution in [-0.2, 0) is 0 Å². The zero-order chi connectivity index (χ0) is 13.5. The maximum atomic E-state index is 13.3. The van der Waals surface area contributed by atoms with Gasteiger partial charge in [0.1, 0.15) is 18.2 Å². The first-order valence-corrected chi connectivity index (χ1v) is 6.46. The molecule has 2 aromatic carbocycles. The number of para-hydroxylation sites is 1. The monoisotopic (exact) mass is 259 g/mol. The summed E-state index contributed by atoms with van der Waals surface area (Å²) in [5.74, 6) is 0.599. The molecule has 0 amide bonds. The van der Waals surface area contributed by atoms with Crippen LogP contribution in [0.1, 0.15) is 18.5 Å². The van der Waals surface area contributed by atoms with Crippen molar-refractivity contribution in [1.82, 2.24) is 5.32 Å². The summed E-state index contributed by atoms with van der Waals surface area (Å²) in [4.78, 5) is 0. The van der Waals surface area contributed by atoms with Crippen molar-refractivity contribution in [2.24, 2.45) is 0 Å². The summed E-state index contributed by atoms with van der Waals surface area (Å²) >= 11 is 0. The molecule has 0 fully saturated rings. The van der Waals surface area contributed by atoms with Crippen LogP contribution in [0.3, 0.4) is 0 Å². The fraction of sp³-hybridized carbons (Fsp3) is 0.250. The van der Waals surface area contributed by atoms with Crippen LogP contribution in [0.5, 0.6) is 5.75 Å². The maximum Gasteiger partial charge on any atom is 0.123 e. The largest absolute Gasteiger partial charge is 0.492 e. The van der Waals surface area contributed by atoms with Crippen LogP contribution in [0.15, 0.2) is 54.6 Å². The average molecular weight is 259 g/mol. The second kappa shape index (κ2) is 6.90. The highest BCUT2D eigenvalue weighted by molar-refractivity contribution is 5.23. The van der Waals surface area contributed by atoms with Crippen molar-refractivity contribution in [3.05, 3.63) is 66.0 Å². The molecule has 0 saturated carbocycles. The number of nitrogens with one attached hydrogen (secondary N) is 1. The topological polar surface area (TPSA) is 21.3 Å². The van der Waals surface area contributed by atoms with Gasteiger partial charge < -0.3 is 10.1 Å². The van der Waals surface area contributed by atoms with E-state index in [1.165, 1.54) is 6.07 Å². The van der Waals surface area contributed by atoms with Gasteiger partial charge >= 0.3 is 0 Å². The van der Waals surface area contributed by atoms with Crippen LogP contribution < -0.4 is 10.1 Å². The second-order valence-corrected chi connectivity index (χ2v) is 4.29. The third-order valence-electron chi connectivity index (χ3n) is 2.86. The van der Waals surface area contributed by atoms with Crippen LogP contribution in [0.4, 0.5) is 4.39 Å². The molecule has 1 N–H and O–H groups in total. The molecule has 0 aliphatic carbocycles.